The summed E-state index contributed by atoms with van der Waals surface area (Å²) in [5.41, 5.74) is 6.79. The highest BCUT2D eigenvalue weighted by atomic mass is 16.5. The lowest BCUT2D eigenvalue weighted by Gasteiger charge is -2.34. The number of nitrogens with two attached hydrogens (primary N) is 1. The van der Waals surface area contributed by atoms with E-state index < -0.39 is 0 Å². The number of likely N-dealkylation sites (N-methyl/N-ethyl adjacent to an activating group) is 1. The smallest absolute Gasteiger partial charge is 0.320 e. The second-order valence-corrected chi connectivity index (χ2v) is 7.25. The molecule has 1 aromatic heterocycles. The fourth-order valence-corrected chi connectivity index (χ4v) is 3.61. The maximum absolute atomic E-state index is 12.5. The van der Waals surface area contributed by atoms with Gasteiger partial charge in [0.15, 0.2) is 0 Å². The first-order valence-electron chi connectivity index (χ1n) is 10.2. The van der Waals surface area contributed by atoms with Gasteiger partial charge in [-0.1, -0.05) is 20.3 Å². The van der Waals surface area contributed by atoms with Crippen molar-refractivity contribution in [2.24, 2.45) is 0 Å². The SMILES string of the molecule is CCCCOc1nc(N)c2c(n1)N(CCCN1CCN(CC)CC1)C(=O)C2. The van der Waals surface area contributed by atoms with Gasteiger partial charge in [-0.05, 0) is 25.9 Å². The Hall–Kier alpha value is -1.93. The largest absolute Gasteiger partial charge is 0.463 e. The molecule has 0 spiro atoms. The van der Waals surface area contributed by atoms with Crippen molar-refractivity contribution in [3.63, 3.8) is 0 Å². The van der Waals surface area contributed by atoms with E-state index in [1.807, 2.05) is 0 Å². The van der Waals surface area contributed by atoms with Crippen molar-refractivity contribution in [3.8, 4) is 6.01 Å². The summed E-state index contributed by atoms with van der Waals surface area (Å²) < 4.78 is 5.60. The fourth-order valence-electron chi connectivity index (χ4n) is 3.61. The number of carbonyl (C=O) groups is 1. The molecule has 0 aromatic carbocycles. The van der Waals surface area contributed by atoms with E-state index in [0.717, 1.165) is 64.1 Å². The molecule has 1 fully saturated rings. The molecule has 2 aliphatic rings. The Balaban J connectivity index is 1.56. The highest BCUT2D eigenvalue weighted by Crippen LogP contribution is 2.32. The maximum Gasteiger partial charge on any atom is 0.320 e. The summed E-state index contributed by atoms with van der Waals surface area (Å²) in [6.07, 6.45) is 3.19. The zero-order valence-electron chi connectivity index (χ0n) is 16.6. The number of hydrogen-bond acceptors (Lipinski definition) is 7. The molecule has 0 bridgehead atoms. The summed E-state index contributed by atoms with van der Waals surface area (Å²) in [6.45, 7) is 12.1. The van der Waals surface area contributed by atoms with E-state index >= 15 is 0 Å². The van der Waals surface area contributed by atoms with Gasteiger partial charge in [0, 0.05) is 38.3 Å². The van der Waals surface area contributed by atoms with Crippen molar-refractivity contribution in [3.05, 3.63) is 5.56 Å². The summed E-state index contributed by atoms with van der Waals surface area (Å²) in [4.78, 5) is 27.8. The molecule has 0 unspecified atom stereocenters. The molecule has 8 heteroatoms. The third kappa shape index (κ3) is 4.87. The summed E-state index contributed by atoms with van der Waals surface area (Å²) in [5.74, 6) is 1.04. The van der Waals surface area contributed by atoms with Crippen LogP contribution in [0.25, 0.3) is 0 Å². The number of aromatic nitrogens is 2. The molecule has 2 N–H and O–H groups in total. The van der Waals surface area contributed by atoms with Crippen LogP contribution < -0.4 is 15.4 Å². The van der Waals surface area contributed by atoms with Crippen LogP contribution in [0.15, 0.2) is 0 Å². The Kier molecular flexibility index (Phi) is 6.84. The summed E-state index contributed by atoms with van der Waals surface area (Å²) in [7, 11) is 0. The average molecular weight is 377 g/mol. The molecule has 1 saturated heterocycles. The lowest BCUT2D eigenvalue weighted by Crippen LogP contribution is -2.46. The Bertz CT molecular complexity index is 645. The monoisotopic (exact) mass is 376 g/mol. The Morgan fingerprint density at radius 1 is 1.04 bits per heavy atom. The van der Waals surface area contributed by atoms with Crippen LogP contribution in [0.2, 0.25) is 0 Å². The third-order valence-electron chi connectivity index (χ3n) is 5.38. The first-order chi connectivity index (χ1) is 13.1. The molecule has 0 atom stereocenters. The molecule has 0 aliphatic carbocycles. The van der Waals surface area contributed by atoms with Crippen molar-refractivity contribution in [1.29, 1.82) is 0 Å². The number of unbranched alkanes of at least 4 members (excludes halogenated alkanes) is 1. The second-order valence-electron chi connectivity index (χ2n) is 7.25. The number of hydrogen-bond donors (Lipinski definition) is 1. The fraction of sp³-hybridized carbons (Fsp3) is 0.737. The van der Waals surface area contributed by atoms with Crippen molar-refractivity contribution >= 4 is 17.5 Å². The highest BCUT2D eigenvalue weighted by Gasteiger charge is 2.32. The molecule has 0 radical (unpaired) electrons. The topological polar surface area (TPSA) is 87.8 Å². The molecular formula is C19H32N6O2. The normalized spacial score (nSPS) is 18.1. The van der Waals surface area contributed by atoms with Gasteiger partial charge >= 0.3 is 6.01 Å². The molecule has 2 aliphatic heterocycles. The quantitative estimate of drug-likeness (QED) is 0.647. The summed E-state index contributed by atoms with van der Waals surface area (Å²) in [6, 6.07) is 0.273. The Morgan fingerprint density at radius 3 is 2.48 bits per heavy atom. The molecule has 0 saturated carbocycles. The number of carbonyl (C=O) groups excluding carboxylic acids is 1. The van der Waals surface area contributed by atoms with Gasteiger partial charge in [-0.15, -0.1) is 0 Å². The van der Waals surface area contributed by atoms with Crippen molar-refractivity contribution in [2.75, 3.05) is 63.1 Å². The van der Waals surface area contributed by atoms with Gasteiger partial charge in [-0.2, -0.15) is 9.97 Å². The zero-order valence-corrected chi connectivity index (χ0v) is 16.6. The van der Waals surface area contributed by atoms with Crippen molar-refractivity contribution in [1.82, 2.24) is 19.8 Å². The molecule has 1 amide bonds. The Morgan fingerprint density at radius 2 is 1.78 bits per heavy atom. The molecule has 1 aromatic rings. The van der Waals surface area contributed by atoms with E-state index in [9.17, 15) is 4.79 Å². The summed E-state index contributed by atoms with van der Waals surface area (Å²) >= 11 is 0. The number of piperazine rings is 1. The maximum atomic E-state index is 12.5. The van der Waals surface area contributed by atoms with Gasteiger partial charge in [0.25, 0.3) is 0 Å². The van der Waals surface area contributed by atoms with Gasteiger partial charge < -0.3 is 20.3 Å². The highest BCUT2D eigenvalue weighted by molar-refractivity contribution is 6.01. The van der Waals surface area contributed by atoms with Gasteiger partial charge in [-0.3, -0.25) is 9.69 Å². The minimum atomic E-state index is 0.0486. The predicted molar refractivity (Wildman–Crippen MR) is 106 cm³/mol. The molecule has 3 heterocycles. The molecule has 8 nitrogen and oxygen atoms in total. The van der Waals surface area contributed by atoms with E-state index in [-0.39, 0.29) is 18.3 Å². The van der Waals surface area contributed by atoms with Crippen LogP contribution in [0.5, 0.6) is 6.01 Å². The number of nitrogens with zero attached hydrogens (tertiary/aromatic N) is 5. The first kappa shape index (κ1) is 19.8. The number of amides is 1. The van der Waals surface area contributed by atoms with Gasteiger partial charge in [-0.25, -0.2) is 0 Å². The summed E-state index contributed by atoms with van der Waals surface area (Å²) in [5, 5.41) is 0. The third-order valence-corrected chi connectivity index (χ3v) is 5.38. The number of rotatable bonds is 9. The van der Waals surface area contributed by atoms with Crippen LogP contribution in [-0.2, 0) is 11.2 Å². The van der Waals surface area contributed by atoms with Crippen molar-refractivity contribution in [2.45, 2.75) is 39.5 Å². The predicted octanol–water partition coefficient (Wildman–Crippen LogP) is 1.15. The van der Waals surface area contributed by atoms with Crippen LogP contribution in [-0.4, -0.2) is 78.1 Å². The van der Waals surface area contributed by atoms with Crippen LogP contribution in [0, 0.1) is 0 Å². The number of anilines is 2. The van der Waals surface area contributed by atoms with E-state index in [4.69, 9.17) is 10.5 Å². The van der Waals surface area contributed by atoms with Crippen LogP contribution in [0.1, 0.15) is 38.7 Å². The number of ether oxygens (including phenoxy) is 1. The van der Waals surface area contributed by atoms with Gasteiger partial charge in [0.05, 0.1) is 13.0 Å². The zero-order chi connectivity index (χ0) is 19.2. The van der Waals surface area contributed by atoms with Gasteiger partial charge in [0.2, 0.25) is 5.91 Å². The Labute approximate surface area is 161 Å². The number of fused-ring (bicyclic) bond motifs is 1. The van der Waals surface area contributed by atoms with E-state index in [0.29, 0.717) is 24.8 Å². The first-order valence-corrected chi connectivity index (χ1v) is 10.2. The van der Waals surface area contributed by atoms with E-state index in [2.05, 4.69) is 33.6 Å². The minimum absolute atomic E-state index is 0.0486. The van der Waals surface area contributed by atoms with Crippen LogP contribution in [0.3, 0.4) is 0 Å². The van der Waals surface area contributed by atoms with Crippen LogP contribution in [0.4, 0.5) is 11.6 Å². The van der Waals surface area contributed by atoms with E-state index in [1.165, 1.54) is 0 Å². The molecular weight excluding hydrogens is 344 g/mol. The van der Waals surface area contributed by atoms with Gasteiger partial charge in [0.1, 0.15) is 11.6 Å². The standard InChI is InChI=1S/C19H32N6O2/c1-3-5-13-27-19-21-17(20)15-14-16(26)25(18(15)22-19)8-6-7-24-11-9-23(4-2)10-12-24/h3-14H2,1-2H3,(H2,20,21,22). The molecule has 3 rings (SSSR count). The van der Waals surface area contributed by atoms with Crippen LogP contribution >= 0.6 is 0 Å². The van der Waals surface area contributed by atoms with E-state index in [1.54, 1.807) is 4.90 Å². The average Bonchev–Trinajstić information content (AvgIpc) is 2.99. The molecule has 150 valence electrons. The second kappa shape index (κ2) is 9.32. The molecule has 27 heavy (non-hydrogen) atoms. The number of nitrogen functional groups attached to an aromatic ring is 1. The minimum Gasteiger partial charge on any atom is -0.463 e. The lowest BCUT2D eigenvalue weighted by atomic mass is 10.2. The van der Waals surface area contributed by atoms with Crippen molar-refractivity contribution < 1.29 is 9.53 Å². The lowest BCUT2D eigenvalue weighted by molar-refractivity contribution is -0.117.